The van der Waals surface area contributed by atoms with E-state index in [1.54, 1.807) is 0 Å². The molecule has 7 nitrogen and oxygen atoms in total. The van der Waals surface area contributed by atoms with Crippen molar-refractivity contribution in [2.75, 3.05) is 0 Å². The summed E-state index contributed by atoms with van der Waals surface area (Å²) in [7, 11) is -1.70. The molecular weight excluding hydrogens is 251 g/mol. The molecule has 0 saturated heterocycles. The van der Waals surface area contributed by atoms with Gasteiger partial charge in [-0.15, -0.1) is 0 Å². The van der Waals surface area contributed by atoms with Crippen molar-refractivity contribution in [3.8, 4) is 0 Å². The number of carbonyl (C=O) groups is 2. The minimum Gasteiger partial charge on any atom is -0.426 e. The van der Waals surface area contributed by atoms with Gasteiger partial charge in [-0.25, -0.2) is 0 Å². The zero-order chi connectivity index (χ0) is 15.2. The van der Waals surface area contributed by atoms with Gasteiger partial charge in [0.25, 0.3) is 0 Å². The van der Waals surface area contributed by atoms with E-state index in [1.807, 2.05) is 13.8 Å². The van der Waals surface area contributed by atoms with E-state index in [0.717, 1.165) is 0 Å². The van der Waals surface area contributed by atoms with Crippen LogP contribution in [0.1, 0.15) is 34.1 Å². The minimum atomic E-state index is -1.70. The second-order valence-electron chi connectivity index (χ2n) is 5.08. The Morgan fingerprint density at radius 3 is 2.00 bits per heavy atom. The summed E-state index contributed by atoms with van der Waals surface area (Å²) in [5.41, 5.74) is 0. The average Bonchev–Trinajstić information content (AvgIpc) is 2.23. The molecule has 3 atom stereocenters. The summed E-state index contributed by atoms with van der Waals surface area (Å²) in [5, 5.41) is 32.6. The molecule has 0 aromatic carbocycles. The van der Waals surface area contributed by atoms with Gasteiger partial charge in [-0.1, -0.05) is 13.8 Å². The summed E-state index contributed by atoms with van der Waals surface area (Å²) in [6, 6.07) is -1.12. The standard InChI is InChI=1S/C11H23BN2O5/c1-6(2)5-9(12(18)19)14-11(17)10(7(3)15)13-8(4)16/h6-7,9-10,15,18-19H,5H2,1-4H3,(H,13,16)(H,14,17)/t7-,9?,10+/m1/s1. The largest absolute Gasteiger partial charge is 0.475 e. The Balaban J connectivity index is 4.70. The molecule has 8 heteroatoms. The first-order valence-electron chi connectivity index (χ1n) is 6.26. The van der Waals surface area contributed by atoms with Crippen LogP contribution in [-0.2, 0) is 9.59 Å². The van der Waals surface area contributed by atoms with Gasteiger partial charge in [0.2, 0.25) is 11.8 Å². The van der Waals surface area contributed by atoms with Crippen LogP contribution in [0.5, 0.6) is 0 Å². The van der Waals surface area contributed by atoms with Crippen LogP contribution in [0.25, 0.3) is 0 Å². The molecule has 0 bridgehead atoms. The molecule has 19 heavy (non-hydrogen) atoms. The Bertz CT molecular complexity index is 309. The van der Waals surface area contributed by atoms with E-state index in [0.29, 0.717) is 6.42 Å². The number of amides is 2. The highest BCUT2D eigenvalue weighted by Gasteiger charge is 2.31. The fraction of sp³-hybridized carbons (Fsp3) is 0.818. The number of hydrogen-bond donors (Lipinski definition) is 5. The van der Waals surface area contributed by atoms with Gasteiger partial charge < -0.3 is 25.8 Å². The highest BCUT2D eigenvalue weighted by Crippen LogP contribution is 2.06. The van der Waals surface area contributed by atoms with E-state index in [1.165, 1.54) is 13.8 Å². The van der Waals surface area contributed by atoms with Crippen LogP contribution in [-0.4, -0.2) is 52.2 Å². The van der Waals surface area contributed by atoms with Crippen molar-refractivity contribution in [3.63, 3.8) is 0 Å². The highest BCUT2D eigenvalue weighted by atomic mass is 16.4. The maximum absolute atomic E-state index is 11.9. The van der Waals surface area contributed by atoms with Crippen LogP contribution in [0, 0.1) is 5.92 Å². The Hall–Kier alpha value is -1.12. The summed E-state index contributed by atoms with van der Waals surface area (Å²) in [5.74, 6) is -1.80. The molecular formula is C11H23BN2O5. The van der Waals surface area contributed by atoms with Crippen LogP contribution in [0.15, 0.2) is 0 Å². The van der Waals surface area contributed by atoms with Crippen molar-refractivity contribution in [3.05, 3.63) is 0 Å². The Kier molecular flexibility index (Phi) is 7.66. The Morgan fingerprint density at radius 2 is 1.68 bits per heavy atom. The lowest BCUT2D eigenvalue weighted by atomic mass is 9.75. The zero-order valence-corrected chi connectivity index (χ0v) is 11.8. The van der Waals surface area contributed by atoms with Gasteiger partial charge in [0.15, 0.2) is 0 Å². The number of rotatable bonds is 7. The topological polar surface area (TPSA) is 119 Å². The molecule has 0 aliphatic carbocycles. The van der Waals surface area contributed by atoms with Gasteiger partial charge in [-0.3, -0.25) is 9.59 Å². The highest BCUT2D eigenvalue weighted by molar-refractivity contribution is 6.43. The number of carbonyl (C=O) groups excluding carboxylic acids is 2. The van der Waals surface area contributed by atoms with Crippen LogP contribution < -0.4 is 10.6 Å². The lowest BCUT2D eigenvalue weighted by Gasteiger charge is -2.25. The van der Waals surface area contributed by atoms with Crippen molar-refractivity contribution < 1.29 is 24.7 Å². The van der Waals surface area contributed by atoms with E-state index in [4.69, 9.17) is 0 Å². The third-order valence-corrected chi connectivity index (χ3v) is 2.54. The first-order chi connectivity index (χ1) is 8.65. The molecule has 0 aliphatic heterocycles. The SMILES string of the molecule is CC(=O)N[C@H](C(=O)NC(CC(C)C)B(O)O)[C@@H](C)O. The molecule has 0 aromatic heterocycles. The van der Waals surface area contributed by atoms with Gasteiger partial charge in [-0.2, -0.15) is 0 Å². The monoisotopic (exact) mass is 274 g/mol. The fourth-order valence-electron chi connectivity index (χ4n) is 1.66. The quantitative estimate of drug-likeness (QED) is 0.359. The van der Waals surface area contributed by atoms with Gasteiger partial charge in [0, 0.05) is 6.92 Å². The third kappa shape index (κ3) is 7.14. The van der Waals surface area contributed by atoms with Gasteiger partial charge in [0.1, 0.15) is 6.04 Å². The molecule has 0 heterocycles. The summed E-state index contributed by atoms with van der Waals surface area (Å²) in [4.78, 5) is 22.9. The predicted molar refractivity (Wildman–Crippen MR) is 70.9 cm³/mol. The van der Waals surface area contributed by atoms with Crippen molar-refractivity contribution in [1.29, 1.82) is 0 Å². The minimum absolute atomic E-state index is 0.151. The normalized spacial score (nSPS) is 15.6. The van der Waals surface area contributed by atoms with Crippen molar-refractivity contribution in [1.82, 2.24) is 10.6 Å². The van der Waals surface area contributed by atoms with Gasteiger partial charge in [0.05, 0.1) is 12.0 Å². The molecule has 0 radical (unpaired) electrons. The third-order valence-electron chi connectivity index (χ3n) is 2.54. The van der Waals surface area contributed by atoms with E-state index in [9.17, 15) is 24.7 Å². The zero-order valence-electron chi connectivity index (χ0n) is 11.8. The number of hydrogen-bond acceptors (Lipinski definition) is 5. The lowest BCUT2D eigenvalue weighted by molar-refractivity contribution is -0.131. The van der Waals surface area contributed by atoms with E-state index >= 15 is 0 Å². The molecule has 110 valence electrons. The molecule has 2 amide bonds. The molecule has 0 fully saturated rings. The molecule has 5 N–H and O–H groups in total. The number of aliphatic hydroxyl groups is 1. The molecule has 0 saturated carbocycles. The fourth-order valence-corrected chi connectivity index (χ4v) is 1.66. The van der Waals surface area contributed by atoms with Crippen LogP contribution in [0.3, 0.4) is 0 Å². The van der Waals surface area contributed by atoms with Crippen molar-refractivity contribution in [2.24, 2.45) is 5.92 Å². The second-order valence-corrected chi connectivity index (χ2v) is 5.08. The van der Waals surface area contributed by atoms with Crippen LogP contribution in [0.4, 0.5) is 0 Å². The summed E-state index contributed by atoms with van der Waals surface area (Å²) < 4.78 is 0. The Morgan fingerprint density at radius 1 is 1.16 bits per heavy atom. The molecule has 0 aromatic rings. The summed E-state index contributed by atoms with van der Waals surface area (Å²) in [6.07, 6.45) is -0.713. The molecule has 1 unspecified atom stereocenters. The first kappa shape index (κ1) is 17.9. The summed E-state index contributed by atoms with van der Waals surface area (Å²) in [6.45, 7) is 6.35. The molecule has 0 spiro atoms. The van der Waals surface area contributed by atoms with E-state index in [-0.39, 0.29) is 5.92 Å². The number of aliphatic hydroxyl groups excluding tert-OH is 1. The maximum atomic E-state index is 11.9. The predicted octanol–water partition coefficient (Wildman–Crippen LogP) is -1.59. The number of nitrogens with one attached hydrogen (secondary N) is 2. The average molecular weight is 274 g/mol. The van der Waals surface area contributed by atoms with Crippen molar-refractivity contribution in [2.45, 2.75) is 52.2 Å². The smallest absolute Gasteiger partial charge is 0.426 e. The van der Waals surface area contributed by atoms with Crippen LogP contribution in [0.2, 0.25) is 0 Å². The van der Waals surface area contributed by atoms with Gasteiger partial charge in [-0.05, 0) is 19.3 Å². The first-order valence-corrected chi connectivity index (χ1v) is 6.26. The maximum Gasteiger partial charge on any atom is 0.475 e. The van der Waals surface area contributed by atoms with Gasteiger partial charge >= 0.3 is 7.12 Å². The second kappa shape index (κ2) is 8.14. The summed E-state index contributed by atoms with van der Waals surface area (Å²) >= 11 is 0. The van der Waals surface area contributed by atoms with E-state index < -0.39 is 37.0 Å². The Labute approximate surface area is 113 Å². The lowest BCUT2D eigenvalue weighted by Crippen LogP contribution is -2.57. The molecule has 0 aliphatic rings. The van der Waals surface area contributed by atoms with E-state index in [2.05, 4.69) is 10.6 Å². The van der Waals surface area contributed by atoms with Crippen molar-refractivity contribution >= 4 is 18.9 Å². The van der Waals surface area contributed by atoms with Crippen LogP contribution >= 0.6 is 0 Å². The molecule has 0 rings (SSSR count).